The fourth-order valence-corrected chi connectivity index (χ4v) is 3.73. The smallest absolute Gasteiger partial charge is 0.251 e. The fourth-order valence-electron chi connectivity index (χ4n) is 3.34. The van der Waals surface area contributed by atoms with E-state index in [1.54, 1.807) is 23.1 Å². The van der Waals surface area contributed by atoms with Crippen LogP contribution in [0.1, 0.15) is 42.6 Å². The van der Waals surface area contributed by atoms with Crippen molar-refractivity contribution in [3.8, 4) is 0 Å². The third-order valence-electron chi connectivity index (χ3n) is 5.26. The van der Waals surface area contributed by atoms with Crippen molar-refractivity contribution in [1.82, 2.24) is 10.6 Å². The molecule has 6 nitrogen and oxygen atoms in total. The highest BCUT2D eigenvalue weighted by atomic mass is 79.9. The lowest BCUT2D eigenvalue weighted by Gasteiger charge is -2.17. The second kappa shape index (κ2) is 9.89. The Morgan fingerprint density at radius 3 is 2.70 bits per heavy atom. The predicted molar refractivity (Wildman–Crippen MR) is 120 cm³/mol. The number of carbonyl (C=O) groups excluding carboxylic acids is 3. The Labute approximate surface area is 185 Å². The van der Waals surface area contributed by atoms with E-state index in [-0.39, 0.29) is 30.2 Å². The van der Waals surface area contributed by atoms with Gasteiger partial charge in [-0.2, -0.15) is 0 Å². The van der Waals surface area contributed by atoms with E-state index < -0.39 is 5.92 Å². The molecule has 0 radical (unpaired) electrons. The van der Waals surface area contributed by atoms with Crippen molar-refractivity contribution in [2.75, 3.05) is 11.4 Å². The lowest BCUT2D eigenvalue weighted by molar-refractivity contribution is -0.126. The maximum Gasteiger partial charge on any atom is 0.251 e. The Balaban J connectivity index is 1.58. The van der Waals surface area contributed by atoms with E-state index in [2.05, 4.69) is 26.6 Å². The minimum atomic E-state index is -0.395. The number of halogens is 1. The fraction of sp³-hybridized carbons (Fsp3) is 0.348. The lowest BCUT2D eigenvalue weighted by Crippen LogP contribution is -2.33. The molecule has 0 bridgehead atoms. The van der Waals surface area contributed by atoms with Gasteiger partial charge in [0.25, 0.3) is 5.91 Å². The summed E-state index contributed by atoms with van der Waals surface area (Å²) in [5.41, 5.74) is 2.19. The normalized spacial score (nSPS) is 17.0. The average Bonchev–Trinajstić information content (AvgIpc) is 3.13. The van der Waals surface area contributed by atoms with E-state index in [4.69, 9.17) is 0 Å². The number of benzene rings is 2. The molecule has 7 heteroatoms. The minimum absolute atomic E-state index is 0.0584. The highest BCUT2D eigenvalue weighted by molar-refractivity contribution is 9.10. The number of hydrogen-bond donors (Lipinski definition) is 2. The first-order chi connectivity index (χ1) is 14.4. The van der Waals surface area contributed by atoms with Crippen LogP contribution in [0.5, 0.6) is 0 Å². The Bertz CT molecular complexity index is 947. The summed E-state index contributed by atoms with van der Waals surface area (Å²) in [5, 5.41) is 5.84. The van der Waals surface area contributed by atoms with Gasteiger partial charge in [0, 0.05) is 41.3 Å². The summed E-state index contributed by atoms with van der Waals surface area (Å²) in [6, 6.07) is 14.8. The molecule has 1 saturated heterocycles. The zero-order valence-corrected chi connectivity index (χ0v) is 18.7. The summed E-state index contributed by atoms with van der Waals surface area (Å²) in [7, 11) is 0. The Morgan fingerprint density at radius 2 is 1.97 bits per heavy atom. The second-order valence-corrected chi connectivity index (χ2v) is 8.50. The number of hydrogen-bond acceptors (Lipinski definition) is 3. The van der Waals surface area contributed by atoms with Gasteiger partial charge in [0.2, 0.25) is 11.8 Å². The molecule has 3 rings (SSSR count). The van der Waals surface area contributed by atoms with Crippen LogP contribution in [-0.4, -0.2) is 30.3 Å². The molecule has 158 valence electrons. The second-order valence-electron chi connectivity index (χ2n) is 7.59. The molecule has 30 heavy (non-hydrogen) atoms. The standard InChI is InChI=1S/C23H26BrN3O3/c1-3-15(2)26-23(30)17-7-4-6-16(10-17)13-25-22(29)18-11-21(28)27(14-18)20-9-5-8-19(24)12-20/h4-10,12,15,18H,3,11,13-14H2,1-2H3,(H,25,29)(H,26,30). The van der Waals surface area contributed by atoms with Gasteiger partial charge >= 0.3 is 0 Å². The molecule has 2 atom stereocenters. The van der Waals surface area contributed by atoms with Crippen LogP contribution in [0, 0.1) is 5.92 Å². The molecule has 2 unspecified atom stereocenters. The zero-order valence-electron chi connectivity index (χ0n) is 17.2. The lowest BCUT2D eigenvalue weighted by atomic mass is 10.1. The number of anilines is 1. The summed E-state index contributed by atoms with van der Waals surface area (Å²) in [5.74, 6) is -0.732. The molecule has 2 aromatic carbocycles. The number of amides is 3. The van der Waals surface area contributed by atoms with Gasteiger partial charge in [0.15, 0.2) is 0 Å². The van der Waals surface area contributed by atoms with Gasteiger partial charge in [0.05, 0.1) is 5.92 Å². The molecular weight excluding hydrogens is 446 g/mol. The van der Waals surface area contributed by atoms with Crippen LogP contribution in [0.25, 0.3) is 0 Å². The molecule has 0 saturated carbocycles. The topological polar surface area (TPSA) is 78.5 Å². The van der Waals surface area contributed by atoms with Crippen molar-refractivity contribution in [2.45, 2.75) is 39.3 Å². The van der Waals surface area contributed by atoms with E-state index in [1.165, 1.54) is 0 Å². The van der Waals surface area contributed by atoms with E-state index in [9.17, 15) is 14.4 Å². The van der Waals surface area contributed by atoms with Crippen molar-refractivity contribution in [2.24, 2.45) is 5.92 Å². The van der Waals surface area contributed by atoms with Crippen molar-refractivity contribution in [1.29, 1.82) is 0 Å². The summed E-state index contributed by atoms with van der Waals surface area (Å²) in [6.07, 6.45) is 1.05. The van der Waals surface area contributed by atoms with Crippen molar-refractivity contribution in [3.05, 3.63) is 64.1 Å². The van der Waals surface area contributed by atoms with Gasteiger partial charge in [-0.25, -0.2) is 0 Å². The average molecular weight is 472 g/mol. The molecular formula is C23H26BrN3O3. The maximum atomic E-state index is 12.6. The van der Waals surface area contributed by atoms with Crippen LogP contribution in [0.2, 0.25) is 0 Å². The number of carbonyl (C=O) groups is 3. The van der Waals surface area contributed by atoms with Crippen LogP contribution in [0.4, 0.5) is 5.69 Å². The molecule has 0 aromatic heterocycles. The summed E-state index contributed by atoms with van der Waals surface area (Å²) < 4.78 is 0.887. The molecule has 1 fully saturated rings. The number of rotatable bonds is 7. The summed E-state index contributed by atoms with van der Waals surface area (Å²) in [6.45, 7) is 4.65. The van der Waals surface area contributed by atoms with E-state index >= 15 is 0 Å². The first-order valence-corrected chi connectivity index (χ1v) is 10.9. The monoisotopic (exact) mass is 471 g/mol. The number of nitrogens with zero attached hydrogens (tertiary/aromatic N) is 1. The summed E-state index contributed by atoms with van der Waals surface area (Å²) >= 11 is 3.41. The van der Waals surface area contributed by atoms with Crippen molar-refractivity contribution >= 4 is 39.3 Å². The third-order valence-corrected chi connectivity index (χ3v) is 5.75. The van der Waals surface area contributed by atoms with Crippen LogP contribution in [-0.2, 0) is 16.1 Å². The van der Waals surface area contributed by atoms with Gasteiger partial charge in [-0.05, 0) is 49.2 Å². The van der Waals surface area contributed by atoms with E-state index in [0.29, 0.717) is 18.7 Å². The van der Waals surface area contributed by atoms with Crippen LogP contribution in [0.3, 0.4) is 0 Å². The largest absolute Gasteiger partial charge is 0.352 e. The van der Waals surface area contributed by atoms with Crippen LogP contribution >= 0.6 is 15.9 Å². The van der Waals surface area contributed by atoms with Crippen LogP contribution < -0.4 is 15.5 Å². The van der Waals surface area contributed by atoms with Crippen molar-refractivity contribution in [3.63, 3.8) is 0 Å². The Kier molecular flexibility index (Phi) is 7.26. The molecule has 0 aliphatic carbocycles. The molecule has 0 spiro atoms. The van der Waals surface area contributed by atoms with E-state index in [1.807, 2.05) is 44.2 Å². The summed E-state index contributed by atoms with van der Waals surface area (Å²) in [4.78, 5) is 39.0. The highest BCUT2D eigenvalue weighted by Gasteiger charge is 2.35. The first kappa shape index (κ1) is 22.0. The molecule has 1 heterocycles. The third kappa shape index (κ3) is 5.48. The SMILES string of the molecule is CCC(C)NC(=O)c1cccc(CNC(=O)C2CC(=O)N(c3cccc(Br)c3)C2)c1. The molecule has 1 aliphatic rings. The maximum absolute atomic E-state index is 12.6. The minimum Gasteiger partial charge on any atom is -0.352 e. The van der Waals surface area contributed by atoms with E-state index in [0.717, 1.165) is 22.1 Å². The van der Waals surface area contributed by atoms with Gasteiger partial charge < -0.3 is 15.5 Å². The first-order valence-electron chi connectivity index (χ1n) is 10.1. The quantitative estimate of drug-likeness (QED) is 0.646. The Morgan fingerprint density at radius 1 is 1.20 bits per heavy atom. The predicted octanol–water partition coefficient (Wildman–Crippen LogP) is 3.65. The zero-order chi connectivity index (χ0) is 21.7. The molecule has 3 amide bonds. The van der Waals surface area contributed by atoms with Gasteiger partial charge in [-0.1, -0.05) is 41.1 Å². The highest BCUT2D eigenvalue weighted by Crippen LogP contribution is 2.27. The molecule has 2 aromatic rings. The van der Waals surface area contributed by atoms with Gasteiger partial charge in [-0.15, -0.1) is 0 Å². The Hall–Kier alpha value is -2.67. The molecule has 2 N–H and O–H groups in total. The van der Waals surface area contributed by atoms with Crippen LogP contribution in [0.15, 0.2) is 53.0 Å². The molecule has 1 aliphatic heterocycles. The van der Waals surface area contributed by atoms with Gasteiger partial charge in [-0.3, -0.25) is 14.4 Å². The van der Waals surface area contributed by atoms with Crippen molar-refractivity contribution < 1.29 is 14.4 Å². The number of nitrogens with one attached hydrogen (secondary N) is 2. The van der Waals surface area contributed by atoms with Gasteiger partial charge in [0.1, 0.15) is 0 Å².